The minimum absolute atomic E-state index is 0.118. The van der Waals surface area contributed by atoms with Crippen LogP contribution in [0.4, 0.5) is 0 Å². The molecule has 0 aliphatic heterocycles. The summed E-state index contributed by atoms with van der Waals surface area (Å²) in [6, 6.07) is 0. The number of amides is 1. The largest absolute Gasteiger partial charge is 0.481 e. The molecule has 5 heteroatoms. The van der Waals surface area contributed by atoms with Gasteiger partial charge in [-0.25, -0.2) is 0 Å². The van der Waals surface area contributed by atoms with Crippen molar-refractivity contribution in [3.8, 4) is 0 Å². The molecular formula is C17H31NO4. The van der Waals surface area contributed by atoms with Crippen LogP contribution in [0.1, 0.15) is 66.2 Å². The summed E-state index contributed by atoms with van der Waals surface area (Å²) in [6.45, 7) is 8.53. The number of carboxylic acids is 1. The molecule has 0 heterocycles. The first-order chi connectivity index (χ1) is 10.2. The third-order valence-electron chi connectivity index (χ3n) is 4.47. The number of hydrogen-bond donors (Lipinski definition) is 2. The van der Waals surface area contributed by atoms with Crippen molar-refractivity contribution in [2.24, 2.45) is 11.8 Å². The second-order valence-electron chi connectivity index (χ2n) is 7.16. The van der Waals surface area contributed by atoms with Gasteiger partial charge in [-0.05, 0) is 39.0 Å². The van der Waals surface area contributed by atoms with Gasteiger partial charge in [-0.2, -0.15) is 0 Å². The second kappa shape index (κ2) is 8.51. The lowest BCUT2D eigenvalue weighted by molar-refractivity contribution is -0.146. The summed E-state index contributed by atoms with van der Waals surface area (Å²) in [7, 11) is 0. The molecule has 0 radical (unpaired) electrons. The molecule has 0 saturated heterocycles. The summed E-state index contributed by atoms with van der Waals surface area (Å²) in [5.74, 6) is -0.857. The van der Waals surface area contributed by atoms with Gasteiger partial charge in [0.15, 0.2) is 0 Å². The predicted molar refractivity (Wildman–Crippen MR) is 85.6 cm³/mol. The number of carboxylic acid groups (broad SMARTS) is 1. The Morgan fingerprint density at radius 3 is 2.59 bits per heavy atom. The van der Waals surface area contributed by atoms with Gasteiger partial charge in [-0.15, -0.1) is 0 Å². The van der Waals surface area contributed by atoms with E-state index in [4.69, 9.17) is 4.74 Å². The highest BCUT2D eigenvalue weighted by molar-refractivity contribution is 5.79. The third-order valence-corrected chi connectivity index (χ3v) is 4.47. The zero-order valence-corrected chi connectivity index (χ0v) is 14.4. The molecule has 0 aromatic heterocycles. The van der Waals surface area contributed by atoms with E-state index in [-0.39, 0.29) is 18.4 Å². The zero-order valence-electron chi connectivity index (χ0n) is 14.4. The van der Waals surface area contributed by atoms with Gasteiger partial charge >= 0.3 is 5.97 Å². The molecule has 22 heavy (non-hydrogen) atoms. The van der Waals surface area contributed by atoms with Gasteiger partial charge in [-0.3, -0.25) is 9.59 Å². The normalized spacial score (nSPS) is 26.7. The maximum absolute atomic E-state index is 12.1. The Morgan fingerprint density at radius 2 is 2.00 bits per heavy atom. The van der Waals surface area contributed by atoms with Gasteiger partial charge in [0.25, 0.3) is 0 Å². The average Bonchev–Trinajstić information content (AvgIpc) is 2.37. The Bertz CT molecular complexity index is 383. The second-order valence-corrected chi connectivity index (χ2v) is 7.16. The minimum Gasteiger partial charge on any atom is -0.481 e. The van der Waals surface area contributed by atoms with Crippen molar-refractivity contribution in [3.63, 3.8) is 0 Å². The van der Waals surface area contributed by atoms with E-state index in [0.717, 1.165) is 25.7 Å². The van der Waals surface area contributed by atoms with Gasteiger partial charge in [0.1, 0.15) is 0 Å². The fourth-order valence-corrected chi connectivity index (χ4v) is 3.34. The first-order valence-electron chi connectivity index (χ1n) is 8.40. The van der Waals surface area contributed by atoms with Crippen LogP contribution in [0.2, 0.25) is 0 Å². The highest BCUT2D eigenvalue weighted by atomic mass is 16.5. The van der Waals surface area contributed by atoms with Crippen LogP contribution in [-0.4, -0.2) is 35.2 Å². The highest BCUT2D eigenvalue weighted by Crippen LogP contribution is 2.33. The molecule has 128 valence electrons. The first kappa shape index (κ1) is 18.9. The Morgan fingerprint density at radius 1 is 1.32 bits per heavy atom. The summed E-state index contributed by atoms with van der Waals surface area (Å²) in [6.07, 6.45) is 4.63. The lowest BCUT2D eigenvalue weighted by Gasteiger charge is -2.39. The molecule has 1 fully saturated rings. The summed E-state index contributed by atoms with van der Waals surface area (Å²) in [5.41, 5.74) is -0.634. The van der Waals surface area contributed by atoms with Crippen LogP contribution in [0.15, 0.2) is 0 Å². The standard InChI is InChI=1S/C17H31NO4/c1-12(2)11-13(3)22-10-8-15(19)18-17(4)9-6-5-7-14(17)16(20)21/h12-14H,5-11H2,1-4H3,(H,18,19)(H,20,21). The van der Waals surface area contributed by atoms with Gasteiger partial charge < -0.3 is 15.2 Å². The van der Waals surface area contributed by atoms with Crippen LogP contribution in [0.5, 0.6) is 0 Å². The van der Waals surface area contributed by atoms with Gasteiger partial charge in [-0.1, -0.05) is 26.7 Å². The van der Waals surface area contributed by atoms with Crippen molar-refractivity contribution in [3.05, 3.63) is 0 Å². The van der Waals surface area contributed by atoms with Crippen LogP contribution in [0.25, 0.3) is 0 Å². The summed E-state index contributed by atoms with van der Waals surface area (Å²) >= 11 is 0. The topological polar surface area (TPSA) is 75.6 Å². The van der Waals surface area contributed by atoms with E-state index in [1.165, 1.54) is 0 Å². The molecule has 0 spiro atoms. The van der Waals surface area contributed by atoms with Gasteiger partial charge in [0.2, 0.25) is 5.91 Å². The number of rotatable bonds is 8. The summed E-state index contributed by atoms with van der Waals surface area (Å²) in [5, 5.41) is 12.3. The quantitative estimate of drug-likeness (QED) is 0.722. The lowest BCUT2D eigenvalue weighted by atomic mass is 9.74. The highest BCUT2D eigenvalue weighted by Gasteiger charge is 2.41. The number of nitrogens with one attached hydrogen (secondary N) is 1. The van der Waals surface area contributed by atoms with Gasteiger partial charge in [0, 0.05) is 6.42 Å². The van der Waals surface area contributed by atoms with E-state index < -0.39 is 17.4 Å². The molecule has 1 aliphatic carbocycles. The Kier molecular flexibility index (Phi) is 7.33. The van der Waals surface area contributed by atoms with E-state index in [1.54, 1.807) is 0 Å². The maximum Gasteiger partial charge on any atom is 0.308 e. The fraction of sp³-hybridized carbons (Fsp3) is 0.882. The molecule has 3 atom stereocenters. The number of carbonyl (C=O) groups excluding carboxylic acids is 1. The van der Waals surface area contributed by atoms with Crippen LogP contribution in [0, 0.1) is 11.8 Å². The molecule has 1 rings (SSSR count). The zero-order chi connectivity index (χ0) is 16.8. The first-order valence-corrected chi connectivity index (χ1v) is 8.40. The number of aliphatic carboxylic acids is 1. The van der Waals surface area contributed by atoms with Crippen molar-refractivity contribution in [2.75, 3.05) is 6.61 Å². The third kappa shape index (κ3) is 5.95. The maximum atomic E-state index is 12.1. The lowest BCUT2D eigenvalue weighted by Crippen LogP contribution is -2.55. The van der Waals surface area contributed by atoms with Crippen LogP contribution < -0.4 is 5.32 Å². The molecule has 2 N–H and O–H groups in total. The van der Waals surface area contributed by atoms with Crippen LogP contribution in [0.3, 0.4) is 0 Å². The molecule has 1 aliphatic rings. The molecule has 1 amide bonds. The van der Waals surface area contributed by atoms with Gasteiger partial charge in [0.05, 0.1) is 24.2 Å². The monoisotopic (exact) mass is 313 g/mol. The fourth-order valence-electron chi connectivity index (χ4n) is 3.34. The molecule has 5 nitrogen and oxygen atoms in total. The number of hydrogen-bond acceptors (Lipinski definition) is 3. The average molecular weight is 313 g/mol. The smallest absolute Gasteiger partial charge is 0.308 e. The SMILES string of the molecule is CC(C)CC(C)OCCC(=O)NC1(C)CCCCC1C(=O)O. The molecule has 0 aromatic carbocycles. The molecule has 0 bridgehead atoms. The molecule has 1 saturated carbocycles. The van der Waals surface area contributed by atoms with E-state index in [0.29, 0.717) is 18.9 Å². The van der Waals surface area contributed by atoms with Crippen LogP contribution >= 0.6 is 0 Å². The van der Waals surface area contributed by atoms with Crippen LogP contribution in [-0.2, 0) is 14.3 Å². The predicted octanol–water partition coefficient (Wildman–Crippen LogP) is 2.98. The summed E-state index contributed by atoms with van der Waals surface area (Å²) < 4.78 is 5.64. The Labute approximate surface area is 133 Å². The van der Waals surface area contributed by atoms with Crippen molar-refractivity contribution in [1.29, 1.82) is 0 Å². The van der Waals surface area contributed by atoms with Crippen molar-refractivity contribution in [1.82, 2.24) is 5.32 Å². The van der Waals surface area contributed by atoms with E-state index in [1.807, 2.05) is 13.8 Å². The van der Waals surface area contributed by atoms with E-state index >= 15 is 0 Å². The van der Waals surface area contributed by atoms with Crippen molar-refractivity contribution in [2.45, 2.75) is 77.9 Å². The van der Waals surface area contributed by atoms with Crippen molar-refractivity contribution < 1.29 is 19.4 Å². The van der Waals surface area contributed by atoms with E-state index in [9.17, 15) is 14.7 Å². The van der Waals surface area contributed by atoms with E-state index in [2.05, 4.69) is 19.2 Å². The summed E-state index contributed by atoms with van der Waals surface area (Å²) in [4.78, 5) is 23.5. The van der Waals surface area contributed by atoms with Crippen molar-refractivity contribution >= 4 is 11.9 Å². The molecular weight excluding hydrogens is 282 g/mol. The molecule has 0 aromatic rings. The Hall–Kier alpha value is -1.10. The molecule has 3 unspecified atom stereocenters. The number of carbonyl (C=O) groups is 2. The minimum atomic E-state index is -0.815. The number of ether oxygens (including phenoxy) is 1. The Balaban J connectivity index is 2.41.